The molecule has 0 saturated carbocycles. The first-order valence-corrected chi connectivity index (χ1v) is 6.96. The Balaban J connectivity index is 2.38. The zero-order chi connectivity index (χ0) is 15.4. The molecule has 2 amide bonds. The van der Waals surface area contributed by atoms with Crippen LogP contribution in [0.15, 0.2) is 39.4 Å². The smallest absolute Gasteiger partial charge is 0.350 e. The average Bonchev–Trinajstić information content (AvgIpc) is 2.89. The number of furan rings is 1. The second kappa shape index (κ2) is 6.77. The third-order valence-electron chi connectivity index (χ3n) is 2.63. The molecule has 1 aromatic heterocycles. The fraction of sp³-hybridized carbons (Fsp3) is 0. The predicted molar refractivity (Wildman–Crippen MR) is 86.2 cm³/mol. The molecule has 0 fully saturated rings. The van der Waals surface area contributed by atoms with Gasteiger partial charge in [0.2, 0.25) is 0 Å². The minimum absolute atomic E-state index is 0.473. The van der Waals surface area contributed by atoms with E-state index in [9.17, 15) is 4.79 Å². The van der Waals surface area contributed by atoms with E-state index < -0.39 is 6.03 Å². The van der Waals surface area contributed by atoms with Crippen LogP contribution in [-0.4, -0.2) is 6.03 Å². The van der Waals surface area contributed by atoms with Crippen LogP contribution in [0, 0.1) is 0 Å². The SMILES string of the molecule is NNC(=O)N(N)c1cccc(Br)c1/C=C/c1cc(Cl)co1. The molecule has 2 rings (SSSR count). The molecule has 0 saturated heterocycles. The summed E-state index contributed by atoms with van der Waals surface area (Å²) >= 11 is 9.20. The van der Waals surface area contributed by atoms with Gasteiger partial charge >= 0.3 is 6.03 Å². The Morgan fingerprint density at radius 1 is 1.43 bits per heavy atom. The van der Waals surface area contributed by atoms with Gasteiger partial charge in [0.25, 0.3) is 0 Å². The first-order chi connectivity index (χ1) is 10.0. The summed E-state index contributed by atoms with van der Waals surface area (Å²) in [5.41, 5.74) is 3.14. The van der Waals surface area contributed by atoms with Crippen molar-refractivity contribution in [1.29, 1.82) is 0 Å². The number of nitrogens with one attached hydrogen (secondary N) is 1. The summed E-state index contributed by atoms with van der Waals surface area (Å²) in [6, 6.07) is 6.30. The Kier molecular flexibility index (Phi) is 5.03. The number of halogens is 2. The quantitative estimate of drug-likeness (QED) is 0.438. The van der Waals surface area contributed by atoms with Gasteiger partial charge in [-0.1, -0.05) is 33.6 Å². The molecule has 1 aromatic carbocycles. The maximum absolute atomic E-state index is 11.5. The highest BCUT2D eigenvalue weighted by molar-refractivity contribution is 9.10. The topological polar surface area (TPSA) is 97.5 Å². The van der Waals surface area contributed by atoms with Gasteiger partial charge in [-0.15, -0.1) is 0 Å². The van der Waals surface area contributed by atoms with Crippen molar-refractivity contribution >= 4 is 51.4 Å². The Hall–Kier alpha value is -1.80. The predicted octanol–water partition coefficient (Wildman–Crippen LogP) is 3.13. The van der Waals surface area contributed by atoms with Gasteiger partial charge in [-0.05, 0) is 24.3 Å². The summed E-state index contributed by atoms with van der Waals surface area (Å²) in [6.07, 6.45) is 4.89. The van der Waals surface area contributed by atoms with Crippen LogP contribution in [-0.2, 0) is 0 Å². The summed E-state index contributed by atoms with van der Waals surface area (Å²) in [7, 11) is 0. The molecule has 0 atom stereocenters. The fourth-order valence-corrected chi connectivity index (χ4v) is 2.30. The highest BCUT2D eigenvalue weighted by Gasteiger charge is 2.14. The number of urea groups is 1. The molecule has 0 aliphatic rings. The molecule has 5 N–H and O–H groups in total. The van der Waals surface area contributed by atoms with Gasteiger partial charge in [-0.25, -0.2) is 21.5 Å². The normalized spacial score (nSPS) is 10.9. The van der Waals surface area contributed by atoms with Crippen molar-refractivity contribution in [3.05, 3.63) is 51.3 Å². The lowest BCUT2D eigenvalue weighted by atomic mass is 10.1. The minimum atomic E-state index is -0.635. The maximum Gasteiger partial charge on any atom is 0.350 e. The fourth-order valence-electron chi connectivity index (χ4n) is 1.66. The molecule has 1 heterocycles. The molecular formula is C13H12BrClN4O2. The second-order valence-corrected chi connectivity index (χ2v) is 5.28. The summed E-state index contributed by atoms with van der Waals surface area (Å²) in [5, 5.41) is 1.42. The first-order valence-electron chi connectivity index (χ1n) is 5.79. The van der Waals surface area contributed by atoms with Crippen LogP contribution in [0.2, 0.25) is 5.02 Å². The van der Waals surface area contributed by atoms with Crippen molar-refractivity contribution in [2.45, 2.75) is 0 Å². The van der Waals surface area contributed by atoms with Crippen molar-refractivity contribution < 1.29 is 9.21 Å². The van der Waals surface area contributed by atoms with Crippen molar-refractivity contribution in [2.75, 3.05) is 5.01 Å². The van der Waals surface area contributed by atoms with E-state index in [4.69, 9.17) is 27.7 Å². The van der Waals surface area contributed by atoms with Crippen molar-refractivity contribution in [3.63, 3.8) is 0 Å². The standard InChI is InChI=1S/C13H12BrClN4O2/c14-11-2-1-3-12(19(17)13(20)18-16)10(11)5-4-9-6-8(15)7-21-9/h1-7H,16-17H2,(H,18,20)/b5-4+. The number of anilines is 1. The Bertz CT molecular complexity index is 687. The van der Waals surface area contributed by atoms with E-state index in [1.165, 1.54) is 6.26 Å². The number of nitrogens with two attached hydrogens (primary N) is 2. The molecule has 8 heteroatoms. The van der Waals surface area contributed by atoms with Crippen LogP contribution in [0.5, 0.6) is 0 Å². The van der Waals surface area contributed by atoms with E-state index in [-0.39, 0.29) is 0 Å². The lowest BCUT2D eigenvalue weighted by molar-refractivity contribution is 0.246. The van der Waals surface area contributed by atoms with E-state index in [2.05, 4.69) is 15.9 Å². The Labute approximate surface area is 134 Å². The lowest BCUT2D eigenvalue weighted by Crippen LogP contribution is -2.47. The minimum Gasteiger partial charge on any atom is -0.463 e. The molecule has 0 aliphatic heterocycles. The largest absolute Gasteiger partial charge is 0.463 e. The molecule has 6 nitrogen and oxygen atoms in total. The van der Waals surface area contributed by atoms with Crippen LogP contribution < -0.4 is 22.1 Å². The number of nitrogens with zero attached hydrogens (tertiary/aromatic N) is 1. The summed E-state index contributed by atoms with van der Waals surface area (Å²) in [4.78, 5) is 11.5. The molecule has 0 unspecified atom stereocenters. The molecule has 2 aromatic rings. The Morgan fingerprint density at radius 3 is 2.81 bits per heavy atom. The summed E-state index contributed by atoms with van der Waals surface area (Å²) in [6.45, 7) is 0. The van der Waals surface area contributed by atoms with Gasteiger partial charge in [0.15, 0.2) is 0 Å². The first kappa shape index (κ1) is 15.6. The molecule has 0 radical (unpaired) electrons. The van der Waals surface area contributed by atoms with Crippen molar-refractivity contribution in [1.82, 2.24) is 5.43 Å². The third kappa shape index (κ3) is 3.64. The number of hydrogen-bond acceptors (Lipinski definition) is 4. The van der Waals surface area contributed by atoms with Crippen LogP contribution >= 0.6 is 27.5 Å². The van der Waals surface area contributed by atoms with Gasteiger partial charge in [-0.2, -0.15) is 0 Å². The zero-order valence-corrected chi connectivity index (χ0v) is 13.1. The van der Waals surface area contributed by atoms with E-state index in [0.29, 0.717) is 22.0 Å². The average molecular weight is 372 g/mol. The second-order valence-electron chi connectivity index (χ2n) is 3.99. The number of carbonyl (C=O) groups excluding carboxylic acids is 1. The van der Waals surface area contributed by atoms with Gasteiger partial charge < -0.3 is 4.42 Å². The highest BCUT2D eigenvalue weighted by Crippen LogP contribution is 2.29. The number of amides is 2. The van der Waals surface area contributed by atoms with E-state index >= 15 is 0 Å². The van der Waals surface area contributed by atoms with Gasteiger partial charge in [-0.3, -0.25) is 5.43 Å². The molecule has 0 aliphatic carbocycles. The van der Waals surface area contributed by atoms with E-state index in [0.717, 1.165) is 9.48 Å². The number of benzene rings is 1. The number of carbonyl (C=O) groups is 1. The highest BCUT2D eigenvalue weighted by atomic mass is 79.9. The van der Waals surface area contributed by atoms with Crippen LogP contribution in [0.3, 0.4) is 0 Å². The van der Waals surface area contributed by atoms with E-state index in [1.807, 2.05) is 11.5 Å². The maximum atomic E-state index is 11.5. The zero-order valence-electron chi connectivity index (χ0n) is 10.7. The molecule has 0 spiro atoms. The van der Waals surface area contributed by atoms with Crippen LogP contribution in [0.4, 0.5) is 10.5 Å². The number of hydrogen-bond donors (Lipinski definition) is 3. The van der Waals surface area contributed by atoms with Gasteiger partial charge in [0, 0.05) is 16.1 Å². The monoisotopic (exact) mass is 370 g/mol. The molecule has 110 valence electrons. The van der Waals surface area contributed by atoms with Crippen molar-refractivity contribution in [3.8, 4) is 0 Å². The summed E-state index contributed by atoms with van der Waals surface area (Å²) < 4.78 is 5.98. The lowest BCUT2D eigenvalue weighted by Gasteiger charge is -2.18. The summed E-state index contributed by atoms with van der Waals surface area (Å²) in [5.74, 6) is 11.4. The van der Waals surface area contributed by atoms with Crippen LogP contribution in [0.25, 0.3) is 12.2 Å². The number of hydrazine groups is 2. The number of rotatable bonds is 3. The van der Waals surface area contributed by atoms with Gasteiger partial charge in [0.1, 0.15) is 12.0 Å². The molecular weight excluding hydrogens is 360 g/mol. The van der Waals surface area contributed by atoms with Crippen LogP contribution in [0.1, 0.15) is 11.3 Å². The Morgan fingerprint density at radius 2 is 2.19 bits per heavy atom. The third-order valence-corrected chi connectivity index (χ3v) is 3.52. The van der Waals surface area contributed by atoms with Gasteiger partial charge in [0.05, 0.1) is 10.7 Å². The molecule has 21 heavy (non-hydrogen) atoms. The van der Waals surface area contributed by atoms with Crippen molar-refractivity contribution in [2.24, 2.45) is 11.7 Å². The molecule has 0 bridgehead atoms. The van der Waals surface area contributed by atoms with E-state index in [1.54, 1.807) is 30.4 Å².